The average Bonchev–Trinajstić information content (AvgIpc) is 1.63. The minimum absolute atomic E-state index is 0.620. The van der Waals surface area contributed by atoms with E-state index in [0.717, 1.165) is 12.8 Å². The van der Waals surface area contributed by atoms with Gasteiger partial charge in [-0.15, -0.1) is 0 Å². The third-order valence-electron chi connectivity index (χ3n) is 0.834. The van der Waals surface area contributed by atoms with Gasteiger partial charge in [-0.05, 0) is 17.1 Å². The van der Waals surface area contributed by atoms with Crippen molar-refractivity contribution in [1.82, 2.24) is 0 Å². The molecular formula is C5H12ClNOS. The van der Waals surface area contributed by atoms with Gasteiger partial charge in [-0.2, -0.15) is 0 Å². The molecule has 0 aromatic heterocycles. The lowest BCUT2D eigenvalue weighted by molar-refractivity contribution is 0.685. The first-order valence-electron chi connectivity index (χ1n) is 2.94. The maximum Gasteiger partial charge on any atom is 0.127 e. The first-order valence-corrected chi connectivity index (χ1v) is 5.68. The Labute approximate surface area is 61.3 Å². The van der Waals surface area contributed by atoms with E-state index < -0.39 is 8.94 Å². The molecule has 0 rings (SSSR count). The zero-order chi connectivity index (χ0) is 7.33. The molecule has 0 heterocycles. The number of unbranched alkanes of at least 4 members (excludes halogenated alkanes) is 1. The van der Waals surface area contributed by atoms with E-state index in [9.17, 15) is 4.21 Å². The van der Waals surface area contributed by atoms with Gasteiger partial charge < -0.3 is 0 Å². The van der Waals surface area contributed by atoms with Crippen molar-refractivity contribution >= 4 is 19.6 Å². The second kappa shape index (κ2) is 4.12. The number of rotatable bonds is 3. The van der Waals surface area contributed by atoms with Crippen LogP contribution in [0, 0.1) is 0 Å². The molecule has 0 aliphatic heterocycles. The van der Waals surface area contributed by atoms with Gasteiger partial charge in [0, 0.05) is 12.8 Å². The van der Waals surface area contributed by atoms with Gasteiger partial charge >= 0.3 is 0 Å². The molecule has 56 valence electrons. The second-order valence-electron chi connectivity index (χ2n) is 1.92. The molecule has 0 bridgehead atoms. The zero-order valence-corrected chi connectivity index (χ0v) is 7.34. The Morgan fingerprint density at radius 1 is 1.67 bits per heavy atom. The van der Waals surface area contributed by atoms with Crippen LogP contribution in [-0.2, 0) is 8.94 Å². The van der Waals surface area contributed by atoms with Crippen LogP contribution in [0.4, 0.5) is 0 Å². The van der Waals surface area contributed by atoms with Crippen LogP contribution in [0.25, 0.3) is 0 Å². The quantitative estimate of drug-likeness (QED) is 0.470. The van der Waals surface area contributed by atoms with Gasteiger partial charge in [-0.3, -0.25) is 0 Å². The molecular weight excluding hydrogens is 158 g/mol. The predicted molar refractivity (Wildman–Crippen MR) is 42.1 cm³/mol. The molecule has 2 nitrogen and oxygen atoms in total. The normalized spacial score (nSPS) is 16.8. The van der Waals surface area contributed by atoms with Crippen molar-refractivity contribution in [2.75, 3.05) is 12.8 Å². The third-order valence-corrected chi connectivity index (χ3v) is 1.77. The summed E-state index contributed by atoms with van der Waals surface area (Å²) in [4.78, 5) is 0. The van der Waals surface area contributed by atoms with Gasteiger partial charge in [0.25, 0.3) is 0 Å². The highest BCUT2D eigenvalue weighted by Gasteiger charge is 1.89. The van der Waals surface area contributed by atoms with Gasteiger partial charge in [0.1, 0.15) is 8.94 Å². The van der Waals surface area contributed by atoms with E-state index in [1.807, 2.05) is 0 Å². The first-order chi connectivity index (χ1) is 4.06. The molecule has 0 aromatic carbocycles. The van der Waals surface area contributed by atoms with E-state index in [1.165, 1.54) is 6.26 Å². The Morgan fingerprint density at radius 2 is 2.22 bits per heavy atom. The van der Waals surface area contributed by atoms with Gasteiger partial charge in [-0.1, -0.05) is 13.3 Å². The molecule has 0 amide bonds. The smallest absolute Gasteiger partial charge is 0.127 e. The summed E-state index contributed by atoms with van der Waals surface area (Å²) in [6.45, 7) is 2.68. The minimum Gasteiger partial charge on any atom is -0.234 e. The van der Waals surface area contributed by atoms with Crippen molar-refractivity contribution in [2.45, 2.75) is 19.8 Å². The van der Waals surface area contributed by atoms with Crippen LogP contribution >= 0.6 is 10.7 Å². The molecule has 0 spiro atoms. The highest BCUT2D eigenvalue weighted by atomic mass is 35.7. The highest BCUT2D eigenvalue weighted by Crippen LogP contribution is 1.98. The van der Waals surface area contributed by atoms with Crippen LogP contribution < -0.4 is 0 Å². The van der Waals surface area contributed by atoms with Crippen molar-refractivity contribution in [3.63, 3.8) is 0 Å². The van der Waals surface area contributed by atoms with Gasteiger partial charge in [-0.25, -0.2) is 8.57 Å². The Morgan fingerprint density at radius 3 is 2.56 bits per heavy atom. The standard InChI is InChI=1S/C5H12ClNOS/c1-3-4-5-7-9(2,6)8/h3-5H2,1-2H3. The monoisotopic (exact) mass is 169 g/mol. The average molecular weight is 170 g/mol. The number of halogens is 1. The lowest BCUT2D eigenvalue weighted by atomic mass is 10.3. The molecule has 0 fully saturated rings. The molecule has 0 N–H and O–H groups in total. The summed E-state index contributed by atoms with van der Waals surface area (Å²) in [7, 11) is 2.98. The summed E-state index contributed by atoms with van der Waals surface area (Å²) in [5.41, 5.74) is 0. The van der Waals surface area contributed by atoms with Crippen LogP contribution in [0.2, 0.25) is 0 Å². The van der Waals surface area contributed by atoms with Gasteiger partial charge in [0.05, 0.1) is 0 Å². The molecule has 1 unspecified atom stereocenters. The van der Waals surface area contributed by atoms with Crippen LogP contribution in [-0.4, -0.2) is 17.0 Å². The Kier molecular flexibility index (Phi) is 4.23. The van der Waals surface area contributed by atoms with Crippen LogP contribution in [0.1, 0.15) is 19.8 Å². The largest absolute Gasteiger partial charge is 0.234 e. The predicted octanol–water partition coefficient (Wildman–Crippen LogP) is 2.04. The maximum atomic E-state index is 10.7. The topological polar surface area (TPSA) is 29.4 Å². The van der Waals surface area contributed by atoms with Crippen LogP contribution in [0.3, 0.4) is 0 Å². The van der Waals surface area contributed by atoms with Crippen LogP contribution in [0.15, 0.2) is 4.36 Å². The summed E-state index contributed by atoms with van der Waals surface area (Å²) >= 11 is 0. The zero-order valence-electron chi connectivity index (χ0n) is 5.76. The first kappa shape index (κ1) is 9.24. The van der Waals surface area contributed by atoms with Crippen molar-refractivity contribution in [3.05, 3.63) is 0 Å². The number of hydrogen-bond acceptors (Lipinski definition) is 2. The number of nitrogens with zero attached hydrogens (tertiary/aromatic N) is 1. The molecule has 0 radical (unpaired) electrons. The van der Waals surface area contributed by atoms with Crippen molar-refractivity contribution in [1.29, 1.82) is 0 Å². The molecule has 4 heteroatoms. The molecule has 0 saturated carbocycles. The van der Waals surface area contributed by atoms with E-state index in [2.05, 4.69) is 11.3 Å². The fourth-order valence-electron chi connectivity index (χ4n) is 0.386. The molecule has 0 aliphatic carbocycles. The summed E-state index contributed by atoms with van der Waals surface area (Å²) in [6, 6.07) is 0. The SMILES string of the molecule is CCCCN=S(C)(=O)Cl. The van der Waals surface area contributed by atoms with E-state index in [4.69, 9.17) is 10.7 Å². The second-order valence-corrected chi connectivity index (χ2v) is 5.31. The van der Waals surface area contributed by atoms with E-state index in [-0.39, 0.29) is 0 Å². The fourth-order valence-corrected chi connectivity index (χ4v) is 1.05. The van der Waals surface area contributed by atoms with E-state index >= 15 is 0 Å². The van der Waals surface area contributed by atoms with Gasteiger partial charge in [0.15, 0.2) is 0 Å². The maximum absolute atomic E-state index is 10.7. The Hall–Kier alpha value is 0.240. The molecule has 1 atom stereocenters. The molecule has 9 heavy (non-hydrogen) atoms. The number of hydrogen-bond donors (Lipinski definition) is 0. The summed E-state index contributed by atoms with van der Waals surface area (Å²) in [5.74, 6) is 0. The Balaban J connectivity index is 3.59. The fraction of sp³-hybridized carbons (Fsp3) is 1.00. The van der Waals surface area contributed by atoms with Crippen molar-refractivity contribution in [3.8, 4) is 0 Å². The third kappa shape index (κ3) is 8.24. The summed E-state index contributed by atoms with van der Waals surface area (Å²) in [6.07, 6.45) is 3.47. The minimum atomic E-state index is -2.35. The van der Waals surface area contributed by atoms with Crippen molar-refractivity contribution < 1.29 is 4.21 Å². The van der Waals surface area contributed by atoms with Gasteiger partial charge in [0.2, 0.25) is 0 Å². The van der Waals surface area contributed by atoms with Crippen LogP contribution in [0.5, 0.6) is 0 Å². The molecule has 0 saturated heterocycles. The molecule has 0 aromatic rings. The van der Waals surface area contributed by atoms with Crippen molar-refractivity contribution in [2.24, 2.45) is 4.36 Å². The lowest BCUT2D eigenvalue weighted by Gasteiger charge is -1.90. The lowest BCUT2D eigenvalue weighted by Crippen LogP contribution is -1.86. The summed E-state index contributed by atoms with van der Waals surface area (Å²) < 4.78 is 14.4. The highest BCUT2D eigenvalue weighted by molar-refractivity contribution is 8.15. The Bertz CT molecular complexity index is 164. The van der Waals surface area contributed by atoms with E-state index in [0.29, 0.717) is 6.54 Å². The van der Waals surface area contributed by atoms with E-state index in [1.54, 1.807) is 0 Å². The summed E-state index contributed by atoms with van der Waals surface area (Å²) in [5, 5.41) is 0. The molecule has 0 aliphatic rings.